The van der Waals surface area contributed by atoms with E-state index in [2.05, 4.69) is 10.5 Å². The zero-order valence-electron chi connectivity index (χ0n) is 12.9. The van der Waals surface area contributed by atoms with E-state index in [-0.39, 0.29) is 22.9 Å². The van der Waals surface area contributed by atoms with Crippen molar-refractivity contribution in [3.05, 3.63) is 35.9 Å². The Kier molecular flexibility index (Phi) is 4.87. The van der Waals surface area contributed by atoms with Crippen LogP contribution in [0.3, 0.4) is 0 Å². The van der Waals surface area contributed by atoms with Crippen LogP contribution in [0.4, 0.5) is 0 Å². The quantitative estimate of drug-likeness (QED) is 0.502. The second-order valence-corrected chi connectivity index (χ2v) is 7.05. The minimum absolute atomic E-state index is 0.0351. The highest BCUT2D eigenvalue weighted by molar-refractivity contribution is 8.14. The minimum atomic E-state index is -0.480. The van der Waals surface area contributed by atoms with Crippen molar-refractivity contribution in [1.29, 1.82) is 0 Å². The van der Waals surface area contributed by atoms with Crippen LogP contribution >= 0.6 is 11.8 Å². The number of carbonyl (C=O) groups excluding carboxylic acids is 2. The molecule has 1 aliphatic heterocycles. The predicted molar refractivity (Wildman–Crippen MR) is 88.1 cm³/mol. The molecule has 0 aromatic heterocycles. The summed E-state index contributed by atoms with van der Waals surface area (Å²) in [5.74, 6) is 5.70. The van der Waals surface area contributed by atoms with Crippen molar-refractivity contribution >= 4 is 28.6 Å². The molecule has 0 saturated carbocycles. The van der Waals surface area contributed by atoms with Crippen LogP contribution in [0.1, 0.15) is 31.1 Å². The number of amides is 1. The number of nitrogens with zero attached hydrogens (tertiary/aromatic N) is 2. The van der Waals surface area contributed by atoms with E-state index in [1.807, 2.05) is 39.0 Å². The second-order valence-electron chi connectivity index (χ2n) is 6.11. The number of nitrogens with one attached hydrogen (secondary N) is 1. The number of hydrogen-bond donors (Lipinski definition) is 2. The van der Waals surface area contributed by atoms with Crippen molar-refractivity contribution in [2.75, 3.05) is 5.75 Å². The Morgan fingerprint density at radius 1 is 1.36 bits per heavy atom. The molecule has 0 unspecified atom stereocenters. The van der Waals surface area contributed by atoms with Crippen molar-refractivity contribution < 1.29 is 9.59 Å². The fraction of sp³-hybridized carbons (Fsp3) is 0.400. The largest absolute Gasteiger partial charge is 0.294 e. The van der Waals surface area contributed by atoms with Crippen LogP contribution in [0.2, 0.25) is 0 Å². The smallest absolute Gasteiger partial charge is 0.267 e. The van der Waals surface area contributed by atoms with Crippen molar-refractivity contribution in [3.8, 4) is 0 Å². The summed E-state index contributed by atoms with van der Waals surface area (Å²) in [6.45, 7) is 5.80. The number of carbonyl (C=O) groups is 2. The van der Waals surface area contributed by atoms with E-state index in [1.165, 1.54) is 0 Å². The van der Waals surface area contributed by atoms with Gasteiger partial charge in [-0.3, -0.25) is 15.0 Å². The topological polar surface area (TPSA) is 87.8 Å². The lowest BCUT2D eigenvalue weighted by molar-refractivity contribution is -0.133. The lowest BCUT2D eigenvalue weighted by atomic mass is 9.86. The molecule has 2 rings (SSSR count). The Labute approximate surface area is 134 Å². The van der Waals surface area contributed by atoms with Gasteiger partial charge in [0, 0.05) is 5.56 Å². The Bertz CT molecular complexity index is 595. The first-order valence-corrected chi connectivity index (χ1v) is 7.92. The molecule has 0 saturated heterocycles. The number of hydrogen-bond acceptors (Lipinski definition) is 6. The van der Waals surface area contributed by atoms with Crippen LogP contribution in [0, 0.1) is 5.41 Å². The third kappa shape index (κ3) is 3.66. The molecule has 22 heavy (non-hydrogen) atoms. The maximum Gasteiger partial charge on any atom is 0.267 e. The third-order valence-electron chi connectivity index (χ3n) is 3.27. The second kappa shape index (κ2) is 6.50. The lowest BCUT2D eigenvalue weighted by Crippen LogP contribution is -2.59. The molecule has 6 nitrogen and oxygen atoms in total. The summed E-state index contributed by atoms with van der Waals surface area (Å²) in [5, 5.41) is 5.46. The van der Waals surface area contributed by atoms with Crippen molar-refractivity contribution in [3.63, 3.8) is 0 Å². The molecule has 1 aliphatic rings. The van der Waals surface area contributed by atoms with Crippen LogP contribution in [0.15, 0.2) is 35.4 Å². The van der Waals surface area contributed by atoms with Gasteiger partial charge in [0.15, 0.2) is 5.78 Å². The van der Waals surface area contributed by atoms with Crippen molar-refractivity contribution in [2.24, 2.45) is 16.4 Å². The molecule has 0 radical (unpaired) electrons. The van der Waals surface area contributed by atoms with Gasteiger partial charge in [-0.05, 0) is 5.41 Å². The van der Waals surface area contributed by atoms with Gasteiger partial charge < -0.3 is 0 Å². The number of hydrazine groups is 1. The highest BCUT2D eigenvalue weighted by Gasteiger charge is 2.38. The SMILES string of the molecule is CC(C)(C)[C@H]1NN=C(SCC(=O)c2ccccc2)N(N)C1=O. The molecule has 3 N–H and O–H groups in total. The summed E-state index contributed by atoms with van der Waals surface area (Å²) in [4.78, 5) is 24.3. The Morgan fingerprint density at radius 2 is 2.00 bits per heavy atom. The first kappa shape index (κ1) is 16.5. The van der Waals surface area contributed by atoms with Crippen LogP contribution in [0.25, 0.3) is 0 Å². The minimum Gasteiger partial charge on any atom is -0.294 e. The van der Waals surface area contributed by atoms with E-state index in [0.29, 0.717) is 10.7 Å². The molecular weight excluding hydrogens is 300 g/mol. The fourth-order valence-corrected chi connectivity index (χ4v) is 2.74. The number of nitrogens with two attached hydrogens (primary N) is 1. The normalized spacial score (nSPS) is 18.7. The highest BCUT2D eigenvalue weighted by Crippen LogP contribution is 2.24. The number of thioether (sulfide) groups is 1. The van der Waals surface area contributed by atoms with Gasteiger partial charge in [0.1, 0.15) is 6.04 Å². The third-order valence-corrected chi connectivity index (χ3v) is 4.23. The Morgan fingerprint density at radius 3 is 2.59 bits per heavy atom. The average Bonchev–Trinajstić information content (AvgIpc) is 2.48. The maximum absolute atomic E-state index is 12.3. The van der Waals surface area contributed by atoms with Gasteiger partial charge in [-0.15, -0.1) is 0 Å². The summed E-state index contributed by atoms with van der Waals surface area (Å²) < 4.78 is 0. The van der Waals surface area contributed by atoms with Crippen molar-refractivity contribution in [1.82, 2.24) is 10.4 Å². The molecule has 0 fully saturated rings. The van der Waals surface area contributed by atoms with E-state index < -0.39 is 6.04 Å². The standard InChI is InChI=1S/C15H20N4O2S/c1-15(2,3)12-13(21)19(16)14(18-17-12)22-9-11(20)10-7-5-4-6-8-10/h4-8,12,17H,9,16H2,1-3H3/t12-/m0/s1. The molecule has 1 heterocycles. The summed E-state index contributed by atoms with van der Waals surface area (Å²) in [7, 11) is 0. The molecular formula is C15H20N4O2S. The van der Waals surface area contributed by atoms with Crippen LogP contribution in [-0.4, -0.2) is 33.7 Å². The van der Waals surface area contributed by atoms with Crippen LogP contribution in [0.5, 0.6) is 0 Å². The molecule has 1 amide bonds. The number of rotatable bonds is 3. The van der Waals surface area contributed by atoms with E-state index in [9.17, 15) is 9.59 Å². The number of Topliss-reactive ketones (excluding diaryl/α,β-unsaturated/α-hetero) is 1. The Balaban J connectivity index is 2.01. The lowest BCUT2D eigenvalue weighted by Gasteiger charge is -2.35. The molecule has 1 aromatic rings. The van der Waals surface area contributed by atoms with Gasteiger partial charge in [-0.1, -0.05) is 62.9 Å². The molecule has 1 atom stereocenters. The van der Waals surface area contributed by atoms with Gasteiger partial charge in [-0.2, -0.15) is 5.10 Å². The monoisotopic (exact) mass is 320 g/mol. The molecule has 0 aliphatic carbocycles. The summed E-state index contributed by atoms with van der Waals surface area (Å²) in [6, 6.07) is 8.50. The molecule has 7 heteroatoms. The van der Waals surface area contributed by atoms with Gasteiger partial charge in [0.05, 0.1) is 5.75 Å². The van der Waals surface area contributed by atoms with E-state index in [4.69, 9.17) is 5.84 Å². The van der Waals surface area contributed by atoms with Crippen LogP contribution in [-0.2, 0) is 4.79 Å². The number of benzene rings is 1. The first-order valence-electron chi connectivity index (χ1n) is 6.93. The fourth-order valence-electron chi connectivity index (χ4n) is 1.97. The molecule has 1 aromatic carbocycles. The van der Waals surface area contributed by atoms with E-state index >= 15 is 0 Å². The van der Waals surface area contributed by atoms with Gasteiger partial charge in [0.2, 0.25) is 5.17 Å². The number of amidine groups is 1. The van der Waals surface area contributed by atoms with E-state index in [1.54, 1.807) is 12.1 Å². The first-order chi connectivity index (χ1) is 10.3. The number of ketones is 1. The maximum atomic E-state index is 12.3. The van der Waals surface area contributed by atoms with Gasteiger partial charge in [-0.25, -0.2) is 10.9 Å². The zero-order valence-corrected chi connectivity index (χ0v) is 13.7. The van der Waals surface area contributed by atoms with E-state index in [0.717, 1.165) is 16.8 Å². The Hall–Kier alpha value is -1.86. The summed E-state index contributed by atoms with van der Waals surface area (Å²) in [5.41, 5.74) is 3.17. The molecule has 0 spiro atoms. The molecule has 0 bridgehead atoms. The zero-order chi connectivity index (χ0) is 16.3. The summed E-state index contributed by atoms with van der Waals surface area (Å²) in [6.07, 6.45) is 0. The predicted octanol–water partition coefficient (Wildman–Crippen LogP) is 1.59. The van der Waals surface area contributed by atoms with Crippen LogP contribution < -0.4 is 11.3 Å². The summed E-state index contributed by atoms with van der Waals surface area (Å²) >= 11 is 1.14. The average molecular weight is 320 g/mol. The van der Waals surface area contributed by atoms with Gasteiger partial charge >= 0.3 is 0 Å². The highest BCUT2D eigenvalue weighted by atomic mass is 32.2. The van der Waals surface area contributed by atoms with Gasteiger partial charge in [0.25, 0.3) is 5.91 Å². The molecule has 118 valence electrons. The van der Waals surface area contributed by atoms with Crippen molar-refractivity contribution in [2.45, 2.75) is 26.8 Å². The number of hydrazone groups is 1.